The van der Waals surface area contributed by atoms with Crippen LogP contribution >= 0.6 is 0 Å². The fourth-order valence-corrected chi connectivity index (χ4v) is 3.06. The zero-order valence-corrected chi connectivity index (χ0v) is 13.6. The van der Waals surface area contributed by atoms with Crippen molar-refractivity contribution in [1.82, 2.24) is 4.98 Å². The van der Waals surface area contributed by atoms with Crippen LogP contribution in [0.1, 0.15) is 22.2 Å². The summed E-state index contributed by atoms with van der Waals surface area (Å²) in [6, 6.07) is 16.4. The van der Waals surface area contributed by atoms with E-state index in [-0.39, 0.29) is 11.3 Å². The Bertz CT molecular complexity index is 979. The Morgan fingerprint density at radius 2 is 1.81 bits per heavy atom. The molecule has 6 nitrogen and oxygen atoms in total. The number of hydrogen-bond donors (Lipinski definition) is 1. The molecule has 2 aromatic heterocycles. The van der Waals surface area contributed by atoms with E-state index in [1.807, 2.05) is 6.07 Å². The molecule has 128 valence electrons. The van der Waals surface area contributed by atoms with E-state index in [0.717, 1.165) is 0 Å². The van der Waals surface area contributed by atoms with Crippen LogP contribution in [-0.2, 0) is 4.79 Å². The lowest BCUT2D eigenvalue weighted by molar-refractivity contribution is -0.117. The van der Waals surface area contributed by atoms with Crippen molar-refractivity contribution < 1.29 is 19.1 Å². The Balaban J connectivity index is 1.88. The molecule has 1 aliphatic heterocycles. The number of amides is 1. The lowest BCUT2D eigenvalue weighted by atomic mass is 9.95. The standard InChI is InChI=1S/C20H14N2O4/c23-18(14-9-6-12-26-14)16-17(13-7-2-1-3-8-13)22(20(25)19(16)24)15-10-4-5-11-21-15/h1-12,17,24H/t17-/m1/s1. The number of pyridine rings is 1. The molecule has 0 spiro atoms. The Morgan fingerprint density at radius 3 is 2.46 bits per heavy atom. The highest BCUT2D eigenvalue weighted by molar-refractivity contribution is 6.19. The molecule has 0 unspecified atom stereocenters. The quantitative estimate of drug-likeness (QED) is 0.732. The van der Waals surface area contributed by atoms with Crippen LogP contribution in [-0.4, -0.2) is 21.8 Å². The number of Topliss-reactive ketones (excluding diaryl/α,β-unsaturated/α-hetero) is 1. The summed E-state index contributed by atoms with van der Waals surface area (Å²) in [5, 5.41) is 10.5. The smallest absolute Gasteiger partial charge is 0.295 e. The average molecular weight is 346 g/mol. The predicted octanol–water partition coefficient (Wildman–Crippen LogP) is 3.46. The van der Waals surface area contributed by atoms with Gasteiger partial charge in [0, 0.05) is 6.20 Å². The molecule has 1 amide bonds. The van der Waals surface area contributed by atoms with Crippen LogP contribution in [0.4, 0.5) is 5.82 Å². The van der Waals surface area contributed by atoms with Gasteiger partial charge in [-0.1, -0.05) is 36.4 Å². The molecular formula is C20H14N2O4. The summed E-state index contributed by atoms with van der Waals surface area (Å²) in [6.45, 7) is 0. The first-order valence-electron chi connectivity index (χ1n) is 7.99. The van der Waals surface area contributed by atoms with E-state index < -0.39 is 23.5 Å². The van der Waals surface area contributed by atoms with Gasteiger partial charge >= 0.3 is 0 Å². The summed E-state index contributed by atoms with van der Waals surface area (Å²) >= 11 is 0. The van der Waals surface area contributed by atoms with Gasteiger partial charge in [-0.15, -0.1) is 0 Å². The number of aliphatic hydroxyl groups is 1. The number of carbonyl (C=O) groups excluding carboxylic acids is 2. The van der Waals surface area contributed by atoms with E-state index in [9.17, 15) is 14.7 Å². The summed E-state index contributed by atoms with van der Waals surface area (Å²) in [6.07, 6.45) is 2.92. The molecule has 1 aromatic carbocycles. The molecule has 1 N–H and O–H groups in total. The van der Waals surface area contributed by atoms with Gasteiger partial charge in [0.15, 0.2) is 11.5 Å². The molecule has 0 saturated carbocycles. The lowest BCUT2D eigenvalue weighted by Crippen LogP contribution is -2.31. The minimum Gasteiger partial charge on any atom is -0.503 e. The number of aromatic nitrogens is 1. The molecule has 0 radical (unpaired) electrons. The Kier molecular flexibility index (Phi) is 3.85. The number of rotatable bonds is 4. The molecule has 0 saturated heterocycles. The van der Waals surface area contributed by atoms with Gasteiger partial charge in [0.2, 0.25) is 5.78 Å². The molecule has 6 heteroatoms. The number of hydrogen-bond acceptors (Lipinski definition) is 5. The van der Waals surface area contributed by atoms with E-state index in [4.69, 9.17) is 4.42 Å². The largest absolute Gasteiger partial charge is 0.503 e. The fourth-order valence-electron chi connectivity index (χ4n) is 3.06. The molecular weight excluding hydrogens is 332 g/mol. The fraction of sp³-hybridized carbons (Fsp3) is 0.0500. The molecule has 0 fully saturated rings. The van der Waals surface area contributed by atoms with Crippen molar-refractivity contribution in [3.63, 3.8) is 0 Å². The third kappa shape index (κ3) is 2.48. The minimum atomic E-state index is -0.795. The van der Waals surface area contributed by atoms with Crippen molar-refractivity contribution in [3.8, 4) is 0 Å². The van der Waals surface area contributed by atoms with Crippen molar-refractivity contribution >= 4 is 17.5 Å². The maximum atomic E-state index is 12.9. The van der Waals surface area contributed by atoms with Crippen LogP contribution in [0.3, 0.4) is 0 Å². The molecule has 3 heterocycles. The van der Waals surface area contributed by atoms with Gasteiger partial charge in [-0.3, -0.25) is 14.5 Å². The summed E-state index contributed by atoms with van der Waals surface area (Å²) in [7, 11) is 0. The van der Waals surface area contributed by atoms with Crippen molar-refractivity contribution in [2.45, 2.75) is 6.04 Å². The highest BCUT2D eigenvalue weighted by atomic mass is 16.3. The van der Waals surface area contributed by atoms with Gasteiger partial charge in [-0.2, -0.15) is 0 Å². The van der Waals surface area contributed by atoms with Gasteiger partial charge in [0.05, 0.1) is 17.9 Å². The molecule has 1 atom stereocenters. The normalized spacial score (nSPS) is 17.0. The highest BCUT2D eigenvalue weighted by Crippen LogP contribution is 2.41. The van der Waals surface area contributed by atoms with Gasteiger partial charge in [0.1, 0.15) is 5.82 Å². The topological polar surface area (TPSA) is 83.6 Å². The SMILES string of the molecule is O=C(C1=C(O)C(=O)N(c2ccccn2)[C@@H]1c1ccccc1)c1ccco1. The predicted molar refractivity (Wildman–Crippen MR) is 93.6 cm³/mol. The second-order valence-electron chi connectivity index (χ2n) is 5.75. The van der Waals surface area contributed by atoms with Gasteiger partial charge in [-0.05, 0) is 29.8 Å². The zero-order valence-electron chi connectivity index (χ0n) is 13.6. The van der Waals surface area contributed by atoms with Gasteiger partial charge < -0.3 is 9.52 Å². The first-order chi connectivity index (χ1) is 12.7. The van der Waals surface area contributed by atoms with E-state index in [1.54, 1.807) is 54.7 Å². The number of ketones is 1. The monoisotopic (exact) mass is 346 g/mol. The van der Waals surface area contributed by atoms with E-state index in [2.05, 4.69) is 4.98 Å². The van der Waals surface area contributed by atoms with Crippen molar-refractivity contribution in [3.05, 3.63) is 95.8 Å². The molecule has 4 rings (SSSR count). The average Bonchev–Trinajstić information content (AvgIpc) is 3.31. The second-order valence-corrected chi connectivity index (χ2v) is 5.75. The number of anilines is 1. The minimum absolute atomic E-state index is 0.0261. The first kappa shape index (κ1) is 15.8. The highest BCUT2D eigenvalue weighted by Gasteiger charge is 2.45. The summed E-state index contributed by atoms with van der Waals surface area (Å²) in [4.78, 5) is 31.2. The van der Waals surface area contributed by atoms with E-state index in [1.165, 1.54) is 17.2 Å². The molecule has 3 aromatic rings. The number of nitrogens with zero attached hydrogens (tertiary/aromatic N) is 2. The van der Waals surface area contributed by atoms with Crippen molar-refractivity contribution in [2.75, 3.05) is 4.90 Å². The third-order valence-electron chi connectivity index (χ3n) is 4.21. The zero-order chi connectivity index (χ0) is 18.1. The Labute approximate surface area is 149 Å². The molecule has 26 heavy (non-hydrogen) atoms. The molecule has 1 aliphatic rings. The van der Waals surface area contributed by atoms with Crippen molar-refractivity contribution in [2.24, 2.45) is 0 Å². The van der Waals surface area contributed by atoms with Gasteiger partial charge in [-0.25, -0.2) is 4.98 Å². The van der Waals surface area contributed by atoms with Crippen LogP contribution in [0.2, 0.25) is 0 Å². The summed E-state index contributed by atoms with van der Waals surface area (Å²) < 4.78 is 5.18. The second kappa shape index (κ2) is 6.33. The van der Waals surface area contributed by atoms with Crippen molar-refractivity contribution in [1.29, 1.82) is 0 Å². The van der Waals surface area contributed by atoms with Gasteiger partial charge in [0.25, 0.3) is 5.91 Å². The summed E-state index contributed by atoms with van der Waals surface area (Å²) in [5.41, 5.74) is 0.660. The third-order valence-corrected chi connectivity index (χ3v) is 4.21. The summed E-state index contributed by atoms with van der Waals surface area (Å²) in [5.74, 6) is -1.39. The Morgan fingerprint density at radius 1 is 1.04 bits per heavy atom. The van der Waals surface area contributed by atoms with Crippen LogP contribution < -0.4 is 4.90 Å². The van der Waals surface area contributed by atoms with E-state index in [0.29, 0.717) is 11.4 Å². The number of furan rings is 1. The number of aliphatic hydroxyl groups excluding tert-OH is 1. The van der Waals surface area contributed by atoms with Crippen LogP contribution in [0, 0.1) is 0 Å². The molecule has 0 bridgehead atoms. The van der Waals surface area contributed by atoms with Crippen LogP contribution in [0.5, 0.6) is 0 Å². The number of benzene rings is 1. The maximum Gasteiger partial charge on any atom is 0.295 e. The first-order valence-corrected chi connectivity index (χ1v) is 7.99. The Hall–Kier alpha value is -3.67. The van der Waals surface area contributed by atoms with Crippen LogP contribution in [0.15, 0.2) is 88.9 Å². The number of carbonyl (C=O) groups is 2. The maximum absolute atomic E-state index is 12.9. The van der Waals surface area contributed by atoms with E-state index >= 15 is 0 Å². The lowest BCUT2D eigenvalue weighted by Gasteiger charge is -2.25. The molecule has 0 aliphatic carbocycles. The van der Waals surface area contributed by atoms with Crippen LogP contribution in [0.25, 0.3) is 0 Å².